The van der Waals surface area contributed by atoms with E-state index in [-0.39, 0.29) is 0 Å². The van der Waals surface area contributed by atoms with Crippen LogP contribution in [0.3, 0.4) is 0 Å². The van der Waals surface area contributed by atoms with E-state index in [1.54, 1.807) is 0 Å². The molecule has 0 radical (unpaired) electrons. The number of fused-ring (bicyclic) bond motifs is 1. The van der Waals surface area contributed by atoms with Gasteiger partial charge in [0.15, 0.2) is 0 Å². The summed E-state index contributed by atoms with van der Waals surface area (Å²) in [7, 11) is 0. The molecule has 3 heteroatoms. The third kappa shape index (κ3) is 2.90. The van der Waals surface area contributed by atoms with Crippen molar-refractivity contribution in [2.24, 2.45) is 5.73 Å². The molecule has 2 N–H and O–H groups in total. The highest BCUT2D eigenvalue weighted by molar-refractivity contribution is 7.17. The van der Waals surface area contributed by atoms with Crippen LogP contribution in [0.5, 0.6) is 0 Å². The first-order chi connectivity index (χ1) is 9.90. The third-order valence-electron chi connectivity index (χ3n) is 4.42. The lowest BCUT2D eigenvalue weighted by molar-refractivity contribution is 0.185. The Hall–Kier alpha value is -0.900. The number of rotatable bonds is 3. The van der Waals surface area contributed by atoms with Crippen LogP contribution in [0.4, 0.5) is 0 Å². The van der Waals surface area contributed by atoms with Gasteiger partial charge in [0.1, 0.15) is 0 Å². The quantitative estimate of drug-likeness (QED) is 0.918. The Balaban J connectivity index is 1.88. The topological polar surface area (TPSA) is 29.3 Å². The minimum absolute atomic E-state index is 0.393. The summed E-state index contributed by atoms with van der Waals surface area (Å²) in [5, 5.41) is 3.72. The summed E-state index contributed by atoms with van der Waals surface area (Å²) < 4.78 is 1.38. The smallest absolute Gasteiger partial charge is 0.0484 e. The Kier molecular flexibility index (Phi) is 4.71. The summed E-state index contributed by atoms with van der Waals surface area (Å²) in [5.41, 5.74) is 7.58. The van der Waals surface area contributed by atoms with Crippen LogP contribution in [0.2, 0.25) is 0 Å². The van der Waals surface area contributed by atoms with E-state index in [0.717, 1.165) is 6.54 Å². The van der Waals surface area contributed by atoms with Gasteiger partial charge in [0.2, 0.25) is 0 Å². The van der Waals surface area contributed by atoms with Gasteiger partial charge in [-0.05, 0) is 48.3 Å². The van der Waals surface area contributed by atoms with Crippen molar-refractivity contribution in [3.05, 3.63) is 35.2 Å². The van der Waals surface area contributed by atoms with Crippen LogP contribution in [0.1, 0.15) is 43.7 Å². The van der Waals surface area contributed by atoms with Gasteiger partial charge >= 0.3 is 0 Å². The van der Waals surface area contributed by atoms with E-state index >= 15 is 0 Å². The van der Waals surface area contributed by atoms with Gasteiger partial charge < -0.3 is 5.73 Å². The molecule has 1 aliphatic rings. The average Bonchev–Trinajstić information content (AvgIpc) is 2.86. The summed E-state index contributed by atoms with van der Waals surface area (Å²) in [6.07, 6.45) is 6.79. The Bertz CT molecular complexity index is 541. The predicted octanol–water partition coefficient (Wildman–Crippen LogP) is 4.17. The second-order valence-corrected chi connectivity index (χ2v) is 6.65. The molecule has 1 atom stereocenters. The van der Waals surface area contributed by atoms with Crippen LogP contribution in [0.15, 0.2) is 29.6 Å². The number of nitrogens with two attached hydrogens (primary N) is 1. The molecule has 0 spiro atoms. The molecule has 1 aliphatic heterocycles. The number of likely N-dealkylation sites (tertiary alicyclic amines) is 1. The van der Waals surface area contributed by atoms with Crippen LogP contribution < -0.4 is 5.73 Å². The Labute approximate surface area is 125 Å². The molecule has 1 unspecified atom stereocenters. The minimum atomic E-state index is 0.393. The molecule has 1 aromatic heterocycles. The van der Waals surface area contributed by atoms with Gasteiger partial charge in [0, 0.05) is 17.3 Å². The molecular weight excluding hydrogens is 264 g/mol. The summed E-state index contributed by atoms with van der Waals surface area (Å²) in [5.74, 6) is 0. The molecule has 3 rings (SSSR count). The maximum absolute atomic E-state index is 6.14. The highest BCUT2D eigenvalue weighted by atomic mass is 32.1. The van der Waals surface area contributed by atoms with Crippen LogP contribution >= 0.6 is 11.3 Å². The van der Waals surface area contributed by atoms with E-state index < -0.39 is 0 Å². The molecule has 1 fully saturated rings. The predicted molar refractivity (Wildman–Crippen MR) is 88.3 cm³/mol. The van der Waals surface area contributed by atoms with Crippen LogP contribution in [-0.2, 0) is 0 Å². The SMILES string of the molecule is NCC(c1csc2ccccc12)N1CCCCCCC1. The number of benzene rings is 1. The first kappa shape index (κ1) is 14.1. The fourth-order valence-corrected chi connectivity index (χ4v) is 4.32. The van der Waals surface area contributed by atoms with E-state index in [1.807, 2.05) is 11.3 Å². The van der Waals surface area contributed by atoms with Crippen molar-refractivity contribution < 1.29 is 0 Å². The van der Waals surface area contributed by atoms with Gasteiger partial charge in [-0.25, -0.2) is 0 Å². The highest BCUT2D eigenvalue weighted by Crippen LogP contribution is 2.33. The lowest BCUT2D eigenvalue weighted by Gasteiger charge is -2.32. The molecule has 2 nitrogen and oxygen atoms in total. The van der Waals surface area contributed by atoms with Crippen LogP contribution in [-0.4, -0.2) is 24.5 Å². The standard InChI is InChI=1S/C17H24N2S/c18-12-16(19-10-6-2-1-3-7-11-19)15-13-20-17-9-5-4-8-14(15)17/h4-5,8-9,13,16H,1-3,6-7,10-12,18H2. The zero-order chi connectivity index (χ0) is 13.8. The fourth-order valence-electron chi connectivity index (χ4n) is 3.31. The number of hydrogen-bond acceptors (Lipinski definition) is 3. The lowest BCUT2D eigenvalue weighted by Crippen LogP contribution is -2.35. The van der Waals surface area contributed by atoms with Gasteiger partial charge in [0.25, 0.3) is 0 Å². The van der Waals surface area contributed by atoms with Crippen molar-refractivity contribution in [2.75, 3.05) is 19.6 Å². The van der Waals surface area contributed by atoms with Gasteiger partial charge in [0.05, 0.1) is 0 Å². The summed E-state index contributed by atoms with van der Waals surface area (Å²) >= 11 is 1.85. The summed E-state index contributed by atoms with van der Waals surface area (Å²) in [6, 6.07) is 9.11. The summed E-state index contributed by atoms with van der Waals surface area (Å²) in [6.45, 7) is 3.12. The number of nitrogens with zero attached hydrogens (tertiary/aromatic N) is 1. The molecule has 0 amide bonds. The Morgan fingerprint density at radius 2 is 1.75 bits per heavy atom. The minimum Gasteiger partial charge on any atom is -0.329 e. The monoisotopic (exact) mass is 288 g/mol. The number of hydrogen-bond donors (Lipinski definition) is 1. The number of thiophene rings is 1. The molecule has 108 valence electrons. The van der Waals surface area contributed by atoms with E-state index in [0.29, 0.717) is 6.04 Å². The maximum Gasteiger partial charge on any atom is 0.0484 e. The van der Waals surface area contributed by atoms with Crippen molar-refractivity contribution in [1.82, 2.24) is 4.90 Å². The molecule has 0 saturated carbocycles. The summed E-state index contributed by atoms with van der Waals surface area (Å²) in [4.78, 5) is 2.62. The van der Waals surface area contributed by atoms with Gasteiger partial charge in [-0.2, -0.15) is 0 Å². The van der Waals surface area contributed by atoms with Crippen molar-refractivity contribution >= 4 is 21.4 Å². The molecule has 0 bridgehead atoms. The fraction of sp³-hybridized carbons (Fsp3) is 0.529. The zero-order valence-electron chi connectivity index (χ0n) is 12.1. The van der Waals surface area contributed by atoms with Crippen molar-refractivity contribution in [1.29, 1.82) is 0 Å². The van der Waals surface area contributed by atoms with Crippen molar-refractivity contribution in [3.8, 4) is 0 Å². The first-order valence-electron chi connectivity index (χ1n) is 7.80. The normalized spacial score (nSPS) is 19.6. The van der Waals surface area contributed by atoms with Crippen LogP contribution in [0.25, 0.3) is 10.1 Å². The Morgan fingerprint density at radius 1 is 1.05 bits per heavy atom. The lowest BCUT2D eigenvalue weighted by atomic mass is 10.0. The molecule has 1 aromatic carbocycles. The molecule has 1 saturated heterocycles. The van der Waals surface area contributed by atoms with Crippen molar-refractivity contribution in [2.45, 2.75) is 38.1 Å². The average molecular weight is 288 g/mol. The molecule has 2 aromatic rings. The largest absolute Gasteiger partial charge is 0.329 e. The van der Waals surface area contributed by atoms with Crippen molar-refractivity contribution in [3.63, 3.8) is 0 Å². The highest BCUT2D eigenvalue weighted by Gasteiger charge is 2.22. The third-order valence-corrected chi connectivity index (χ3v) is 5.41. The zero-order valence-corrected chi connectivity index (χ0v) is 12.9. The van der Waals surface area contributed by atoms with Gasteiger partial charge in [-0.3, -0.25) is 4.90 Å². The second kappa shape index (κ2) is 6.70. The van der Waals surface area contributed by atoms with Gasteiger partial charge in [-0.1, -0.05) is 37.5 Å². The van der Waals surface area contributed by atoms with E-state index in [4.69, 9.17) is 5.73 Å². The van der Waals surface area contributed by atoms with E-state index in [9.17, 15) is 0 Å². The maximum atomic E-state index is 6.14. The molecule has 20 heavy (non-hydrogen) atoms. The van der Waals surface area contributed by atoms with Gasteiger partial charge in [-0.15, -0.1) is 11.3 Å². The Morgan fingerprint density at radius 3 is 2.50 bits per heavy atom. The molecule has 2 heterocycles. The van der Waals surface area contributed by atoms with E-state index in [1.165, 1.54) is 60.8 Å². The second-order valence-electron chi connectivity index (χ2n) is 5.74. The molecular formula is C17H24N2S. The van der Waals surface area contributed by atoms with Crippen LogP contribution in [0, 0.1) is 0 Å². The van der Waals surface area contributed by atoms with E-state index in [2.05, 4.69) is 34.5 Å². The first-order valence-corrected chi connectivity index (χ1v) is 8.68. The molecule has 0 aliphatic carbocycles.